The number of hydrogen-bond donors (Lipinski definition) is 2. The Kier molecular flexibility index (Phi) is 4.94. The summed E-state index contributed by atoms with van der Waals surface area (Å²) in [4.78, 5) is 16.4. The highest BCUT2D eigenvalue weighted by Crippen LogP contribution is 2.21. The monoisotopic (exact) mass is 300 g/mol. The van der Waals surface area contributed by atoms with Gasteiger partial charge in [0.25, 0.3) is 5.91 Å². The van der Waals surface area contributed by atoms with Crippen molar-refractivity contribution in [2.75, 3.05) is 11.9 Å². The van der Waals surface area contributed by atoms with Gasteiger partial charge in [-0.2, -0.15) is 0 Å². The number of nitrogens with zero attached hydrogens (tertiary/aromatic N) is 1. The lowest BCUT2D eigenvalue weighted by molar-refractivity contribution is 0.102. The standard InChI is InChI=1S/C16H13ClN2O2/c1-11-4-2-6-14(18-11)16(21)19-15-10-13(17)8-7-12(15)5-3-9-20/h2,4,6-8,10,20H,9H2,1H3,(H,19,21). The van der Waals surface area contributed by atoms with E-state index in [1.165, 1.54) is 0 Å². The zero-order valence-electron chi connectivity index (χ0n) is 11.4. The molecule has 1 aromatic carbocycles. The van der Waals surface area contributed by atoms with Crippen LogP contribution in [0.3, 0.4) is 0 Å². The molecule has 0 aliphatic carbocycles. The highest BCUT2D eigenvalue weighted by molar-refractivity contribution is 6.31. The molecular weight excluding hydrogens is 288 g/mol. The summed E-state index contributed by atoms with van der Waals surface area (Å²) >= 11 is 5.94. The Hall–Kier alpha value is -2.35. The number of carbonyl (C=O) groups excluding carboxylic acids is 1. The first-order valence-corrected chi connectivity index (χ1v) is 6.62. The molecule has 1 amide bonds. The van der Waals surface area contributed by atoms with Crippen molar-refractivity contribution in [1.29, 1.82) is 0 Å². The van der Waals surface area contributed by atoms with Gasteiger partial charge in [0, 0.05) is 16.3 Å². The molecule has 4 nitrogen and oxygen atoms in total. The van der Waals surface area contributed by atoms with Gasteiger partial charge in [-0.15, -0.1) is 0 Å². The van der Waals surface area contributed by atoms with Crippen molar-refractivity contribution < 1.29 is 9.90 Å². The summed E-state index contributed by atoms with van der Waals surface area (Å²) in [7, 11) is 0. The van der Waals surface area contributed by atoms with Crippen molar-refractivity contribution in [3.05, 3.63) is 58.4 Å². The Morgan fingerprint density at radius 3 is 2.90 bits per heavy atom. The van der Waals surface area contributed by atoms with E-state index in [0.29, 0.717) is 22.0 Å². The van der Waals surface area contributed by atoms with E-state index in [1.54, 1.807) is 30.3 Å². The molecule has 21 heavy (non-hydrogen) atoms. The van der Waals surface area contributed by atoms with Crippen molar-refractivity contribution in [3.63, 3.8) is 0 Å². The molecule has 1 heterocycles. The van der Waals surface area contributed by atoms with Gasteiger partial charge in [-0.1, -0.05) is 29.5 Å². The van der Waals surface area contributed by atoms with E-state index in [4.69, 9.17) is 16.7 Å². The third-order valence-corrected chi connectivity index (χ3v) is 2.89. The summed E-state index contributed by atoms with van der Waals surface area (Å²) in [6.07, 6.45) is 0. The Bertz CT molecular complexity index is 733. The van der Waals surface area contributed by atoms with Crippen LogP contribution in [0.5, 0.6) is 0 Å². The van der Waals surface area contributed by atoms with Crippen LogP contribution in [0.25, 0.3) is 0 Å². The average Bonchev–Trinajstić information content (AvgIpc) is 2.46. The van der Waals surface area contributed by atoms with Gasteiger partial charge in [-0.05, 0) is 37.3 Å². The highest BCUT2D eigenvalue weighted by Gasteiger charge is 2.10. The van der Waals surface area contributed by atoms with Crippen molar-refractivity contribution >= 4 is 23.2 Å². The quantitative estimate of drug-likeness (QED) is 0.838. The molecule has 5 heteroatoms. The van der Waals surface area contributed by atoms with Gasteiger partial charge in [0.05, 0.1) is 5.69 Å². The molecule has 0 saturated carbocycles. The first-order valence-electron chi connectivity index (χ1n) is 6.24. The molecule has 0 radical (unpaired) electrons. The van der Waals surface area contributed by atoms with Crippen LogP contribution in [0, 0.1) is 18.8 Å². The van der Waals surface area contributed by atoms with Gasteiger partial charge < -0.3 is 10.4 Å². The van der Waals surface area contributed by atoms with Gasteiger partial charge in [0.15, 0.2) is 0 Å². The van der Waals surface area contributed by atoms with Crippen molar-refractivity contribution in [2.45, 2.75) is 6.92 Å². The molecule has 2 rings (SSSR count). The number of carbonyl (C=O) groups is 1. The molecule has 2 N–H and O–H groups in total. The number of aryl methyl sites for hydroxylation is 1. The first kappa shape index (κ1) is 15.0. The minimum Gasteiger partial charge on any atom is -0.384 e. The number of amides is 1. The lowest BCUT2D eigenvalue weighted by Gasteiger charge is -2.08. The van der Waals surface area contributed by atoms with Gasteiger partial charge in [0.2, 0.25) is 0 Å². The average molecular weight is 301 g/mol. The normalized spacial score (nSPS) is 9.67. The zero-order valence-corrected chi connectivity index (χ0v) is 12.1. The van der Waals surface area contributed by atoms with Crippen molar-refractivity contribution in [3.8, 4) is 11.8 Å². The number of benzene rings is 1. The van der Waals surface area contributed by atoms with Crippen molar-refractivity contribution in [1.82, 2.24) is 4.98 Å². The molecule has 0 saturated heterocycles. The Morgan fingerprint density at radius 2 is 2.19 bits per heavy atom. The van der Waals surface area contributed by atoms with Crippen LogP contribution in [-0.4, -0.2) is 22.6 Å². The maximum atomic E-state index is 12.2. The van der Waals surface area contributed by atoms with Crippen molar-refractivity contribution in [2.24, 2.45) is 0 Å². The highest BCUT2D eigenvalue weighted by atomic mass is 35.5. The van der Waals surface area contributed by atoms with E-state index in [2.05, 4.69) is 22.1 Å². The molecule has 0 fully saturated rings. The van der Waals surface area contributed by atoms with Crippen LogP contribution in [-0.2, 0) is 0 Å². The van der Waals surface area contributed by atoms with Crippen LogP contribution in [0.1, 0.15) is 21.7 Å². The van der Waals surface area contributed by atoms with E-state index < -0.39 is 0 Å². The van der Waals surface area contributed by atoms with E-state index in [9.17, 15) is 4.79 Å². The maximum absolute atomic E-state index is 12.2. The third kappa shape index (κ3) is 4.06. The van der Waals surface area contributed by atoms with Crippen LogP contribution >= 0.6 is 11.6 Å². The van der Waals surface area contributed by atoms with Crippen LogP contribution in [0.4, 0.5) is 5.69 Å². The molecule has 0 unspecified atom stereocenters. The van der Waals surface area contributed by atoms with E-state index in [1.807, 2.05) is 13.0 Å². The molecule has 0 aliphatic rings. The lowest BCUT2D eigenvalue weighted by Crippen LogP contribution is -2.14. The summed E-state index contributed by atoms with van der Waals surface area (Å²) in [5.41, 5.74) is 2.14. The first-order chi connectivity index (χ1) is 10.1. The molecule has 0 spiro atoms. The molecule has 106 valence electrons. The molecule has 1 aromatic heterocycles. The smallest absolute Gasteiger partial charge is 0.274 e. The summed E-state index contributed by atoms with van der Waals surface area (Å²) < 4.78 is 0. The predicted octanol–water partition coefficient (Wildman–Crippen LogP) is 2.64. The molecular formula is C16H13ClN2O2. The number of aromatic nitrogens is 1. The Morgan fingerprint density at radius 1 is 1.38 bits per heavy atom. The molecule has 0 atom stereocenters. The molecule has 0 bridgehead atoms. The summed E-state index contributed by atoms with van der Waals surface area (Å²) in [6.45, 7) is 1.56. The SMILES string of the molecule is Cc1cccc(C(=O)Nc2cc(Cl)ccc2C#CCO)n1. The van der Waals surface area contributed by atoms with Gasteiger partial charge >= 0.3 is 0 Å². The van der Waals surface area contributed by atoms with E-state index in [0.717, 1.165) is 5.69 Å². The summed E-state index contributed by atoms with van der Waals surface area (Å²) in [5.74, 6) is 4.97. The summed E-state index contributed by atoms with van der Waals surface area (Å²) in [6, 6.07) is 10.2. The summed E-state index contributed by atoms with van der Waals surface area (Å²) in [5, 5.41) is 12.0. The number of hydrogen-bond acceptors (Lipinski definition) is 3. The number of nitrogens with one attached hydrogen (secondary N) is 1. The van der Waals surface area contributed by atoms with E-state index >= 15 is 0 Å². The number of anilines is 1. The fraction of sp³-hybridized carbons (Fsp3) is 0.125. The number of aliphatic hydroxyl groups excluding tert-OH is 1. The molecule has 2 aromatic rings. The minimum absolute atomic E-state index is 0.255. The second kappa shape index (κ2) is 6.89. The van der Waals surface area contributed by atoms with E-state index in [-0.39, 0.29) is 12.5 Å². The van der Waals surface area contributed by atoms with Gasteiger partial charge in [0.1, 0.15) is 12.3 Å². The maximum Gasteiger partial charge on any atom is 0.274 e. The van der Waals surface area contributed by atoms with Crippen LogP contribution in [0.15, 0.2) is 36.4 Å². The fourth-order valence-electron chi connectivity index (χ4n) is 1.72. The number of pyridine rings is 1. The zero-order chi connectivity index (χ0) is 15.2. The fourth-order valence-corrected chi connectivity index (χ4v) is 1.89. The number of aliphatic hydroxyl groups is 1. The topological polar surface area (TPSA) is 62.2 Å². The predicted molar refractivity (Wildman–Crippen MR) is 82.3 cm³/mol. The lowest BCUT2D eigenvalue weighted by atomic mass is 10.1. The second-order valence-corrected chi connectivity index (χ2v) is 4.70. The van der Waals surface area contributed by atoms with Crippen LogP contribution in [0.2, 0.25) is 5.02 Å². The molecule has 0 aliphatic heterocycles. The Balaban J connectivity index is 2.30. The largest absolute Gasteiger partial charge is 0.384 e. The minimum atomic E-state index is -0.340. The van der Waals surface area contributed by atoms with Gasteiger partial charge in [-0.25, -0.2) is 4.98 Å². The third-order valence-electron chi connectivity index (χ3n) is 2.65. The van der Waals surface area contributed by atoms with Crippen LogP contribution < -0.4 is 5.32 Å². The number of halogens is 1. The second-order valence-electron chi connectivity index (χ2n) is 4.27. The van der Waals surface area contributed by atoms with Gasteiger partial charge in [-0.3, -0.25) is 4.79 Å². The Labute approximate surface area is 127 Å². The number of rotatable bonds is 2.